The van der Waals surface area contributed by atoms with Gasteiger partial charge in [0.2, 0.25) is 0 Å². The number of amides is 1. The van der Waals surface area contributed by atoms with Gasteiger partial charge in [0, 0.05) is 0 Å². The molecular weight excluding hydrogens is 432 g/mol. The van der Waals surface area contributed by atoms with Crippen molar-refractivity contribution in [2.75, 3.05) is 11.9 Å². The largest absolute Gasteiger partial charge is 0.489 e. The topological polar surface area (TPSA) is 106 Å². The van der Waals surface area contributed by atoms with Crippen LogP contribution in [-0.2, 0) is 16.1 Å². The molecule has 0 fully saturated rings. The zero-order valence-electron chi connectivity index (χ0n) is 18.0. The van der Waals surface area contributed by atoms with E-state index in [1.807, 2.05) is 54.6 Å². The Morgan fingerprint density at radius 1 is 0.941 bits per heavy atom. The molecule has 168 valence electrons. The summed E-state index contributed by atoms with van der Waals surface area (Å²) >= 11 is 0. The second-order valence-electron chi connectivity index (χ2n) is 7.19. The number of nitrogens with zero attached hydrogens (tertiary/aromatic N) is 3. The Hall–Kier alpha value is -4.90. The lowest BCUT2D eigenvalue weighted by Crippen LogP contribution is -2.23. The Morgan fingerprint density at radius 3 is 2.29 bits per heavy atom. The van der Waals surface area contributed by atoms with Gasteiger partial charge in [-0.15, -0.1) is 0 Å². The lowest BCUT2D eigenvalue weighted by molar-refractivity contribution is -0.119. The third kappa shape index (κ3) is 5.47. The molecule has 0 bridgehead atoms. The normalized spacial score (nSPS) is 10.2. The summed E-state index contributed by atoms with van der Waals surface area (Å²) in [5, 5.41) is 16.1. The van der Waals surface area contributed by atoms with Crippen molar-refractivity contribution in [3.63, 3.8) is 0 Å². The molecule has 8 heteroatoms. The first-order valence-corrected chi connectivity index (χ1v) is 10.4. The third-order valence-corrected chi connectivity index (χ3v) is 4.82. The van der Waals surface area contributed by atoms with Crippen LogP contribution >= 0.6 is 0 Å². The number of benzene rings is 3. The van der Waals surface area contributed by atoms with Crippen LogP contribution in [0.4, 0.5) is 5.82 Å². The lowest BCUT2D eigenvalue weighted by atomic mass is 10.1. The van der Waals surface area contributed by atoms with Crippen LogP contribution in [0.25, 0.3) is 5.69 Å². The quantitative estimate of drug-likeness (QED) is 0.403. The lowest BCUT2D eigenvalue weighted by Gasteiger charge is -2.10. The van der Waals surface area contributed by atoms with Gasteiger partial charge in [-0.25, -0.2) is 9.48 Å². The van der Waals surface area contributed by atoms with E-state index in [-0.39, 0.29) is 11.4 Å². The van der Waals surface area contributed by atoms with Crippen molar-refractivity contribution in [3.8, 4) is 17.5 Å². The zero-order valence-corrected chi connectivity index (χ0v) is 18.0. The number of nitriles is 1. The molecule has 0 saturated carbocycles. The van der Waals surface area contributed by atoms with Crippen LogP contribution in [0.1, 0.15) is 21.5 Å². The number of ether oxygens (including phenoxy) is 2. The van der Waals surface area contributed by atoms with E-state index in [0.29, 0.717) is 17.9 Å². The van der Waals surface area contributed by atoms with Gasteiger partial charge in [0.05, 0.1) is 17.4 Å². The number of rotatable bonds is 8. The highest BCUT2D eigenvalue weighted by Gasteiger charge is 2.17. The van der Waals surface area contributed by atoms with E-state index in [1.54, 1.807) is 36.4 Å². The van der Waals surface area contributed by atoms with Crippen LogP contribution in [0.15, 0.2) is 91.1 Å². The number of hydrogen-bond acceptors (Lipinski definition) is 6. The SMILES string of the molecule is N#Cc1cnn(-c2ccccc2)c1NC(=O)COC(=O)c1ccc(COc2ccccc2)cc1. The van der Waals surface area contributed by atoms with Gasteiger partial charge in [-0.05, 0) is 42.0 Å². The van der Waals surface area contributed by atoms with Crippen molar-refractivity contribution in [2.45, 2.75) is 6.61 Å². The second kappa shape index (κ2) is 10.6. The van der Waals surface area contributed by atoms with Crippen molar-refractivity contribution in [2.24, 2.45) is 0 Å². The molecule has 1 aromatic heterocycles. The molecule has 4 rings (SSSR count). The molecule has 0 saturated heterocycles. The summed E-state index contributed by atoms with van der Waals surface area (Å²) in [6.45, 7) is -0.152. The predicted molar refractivity (Wildman–Crippen MR) is 124 cm³/mol. The van der Waals surface area contributed by atoms with E-state index < -0.39 is 18.5 Å². The Bertz CT molecular complexity index is 1310. The summed E-state index contributed by atoms with van der Waals surface area (Å²) in [5.74, 6) is -0.263. The molecule has 34 heavy (non-hydrogen) atoms. The highest BCUT2D eigenvalue weighted by molar-refractivity contribution is 5.95. The Balaban J connectivity index is 1.33. The van der Waals surface area contributed by atoms with Crippen LogP contribution in [0, 0.1) is 11.3 Å². The number of carbonyl (C=O) groups is 2. The van der Waals surface area contributed by atoms with Gasteiger partial charge in [0.15, 0.2) is 12.4 Å². The highest BCUT2D eigenvalue weighted by atomic mass is 16.5. The number of carbonyl (C=O) groups excluding carboxylic acids is 2. The summed E-state index contributed by atoms with van der Waals surface area (Å²) < 4.78 is 12.3. The highest BCUT2D eigenvalue weighted by Crippen LogP contribution is 2.19. The zero-order chi connectivity index (χ0) is 23.8. The average Bonchev–Trinajstić information content (AvgIpc) is 3.29. The van der Waals surface area contributed by atoms with Crippen molar-refractivity contribution in [1.29, 1.82) is 5.26 Å². The number of esters is 1. The number of nitrogens with one attached hydrogen (secondary N) is 1. The first-order chi connectivity index (χ1) is 16.6. The molecule has 1 amide bonds. The van der Waals surface area contributed by atoms with Crippen molar-refractivity contribution in [1.82, 2.24) is 9.78 Å². The summed E-state index contributed by atoms with van der Waals surface area (Å²) in [7, 11) is 0. The van der Waals surface area contributed by atoms with Gasteiger partial charge in [-0.3, -0.25) is 4.79 Å². The maximum atomic E-state index is 12.4. The minimum absolute atomic E-state index is 0.192. The fourth-order valence-electron chi connectivity index (χ4n) is 3.12. The van der Waals surface area contributed by atoms with E-state index in [4.69, 9.17) is 9.47 Å². The Kier molecular flexibility index (Phi) is 6.96. The molecule has 0 spiro atoms. The predicted octanol–water partition coefficient (Wildman–Crippen LogP) is 4.12. The van der Waals surface area contributed by atoms with E-state index in [0.717, 1.165) is 11.3 Å². The van der Waals surface area contributed by atoms with Crippen LogP contribution in [0.2, 0.25) is 0 Å². The second-order valence-corrected chi connectivity index (χ2v) is 7.19. The smallest absolute Gasteiger partial charge is 0.338 e. The number of hydrogen-bond donors (Lipinski definition) is 1. The summed E-state index contributed by atoms with van der Waals surface area (Å²) in [4.78, 5) is 24.8. The molecule has 0 aliphatic carbocycles. The molecule has 0 atom stereocenters. The van der Waals surface area contributed by atoms with Gasteiger partial charge >= 0.3 is 5.97 Å². The van der Waals surface area contributed by atoms with Crippen molar-refractivity contribution in [3.05, 3.63) is 108 Å². The van der Waals surface area contributed by atoms with Gasteiger partial charge in [0.1, 0.15) is 24.0 Å². The minimum Gasteiger partial charge on any atom is -0.489 e. The molecular formula is C26H20N4O4. The van der Waals surface area contributed by atoms with E-state index in [2.05, 4.69) is 10.4 Å². The summed E-state index contributed by atoms with van der Waals surface area (Å²) in [6, 6.07) is 27.2. The first kappa shape index (κ1) is 22.3. The van der Waals surface area contributed by atoms with Gasteiger partial charge < -0.3 is 14.8 Å². The number of anilines is 1. The fourth-order valence-corrected chi connectivity index (χ4v) is 3.12. The maximum absolute atomic E-state index is 12.4. The molecule has 4 aromatic rings. The summed E-state index contributed by atoms with van der Waals surface area (Å²) in [5.41, 5.74) is 2.06. The Morgan fingerprint density at radius 2 is 1.62 bits per heavy atom. The molecule has 1 N–H and O–H groups in total. The molecule has 0 aliphatic heterocycles. The standard InChI is InChI=1S/C26H20N4O4/c27-15-21-16-28-30(22-7-3-1-4-8-22)25(21)29-24(31)18-34-26(32)20-13-11-19(12-14-20)17-33-23-9-5-2-6-10-23/h1-14,16H,17-18H2,(H,29,31). The molecule has 0 radical (unpaired) electrons. The average molecular weight is 452 g/mol. The molecule has 3 aromatic carbocycles. The van der Waals surface area contributed by atoms with Gasteiger partial charge in [-0.1, -0.05) is 48.5 Å². The van der Waals surface area contributed by atoms with Crippen molar-refractivity contribution < 1.29 is 19.1 Å². The van der Waals surface area contributed by atoms with Gasteiger partial charge in [0.25, 0.3) is 5.91 Å². The molecule has 1 heterocycles. The molecule has 0 unspecified atom stereocenters. The Labute approximate surface area is 196 Å². The van der Waals surface area contributed by atoms with E-state index in [9.17, 15) is 14.9 Å². The first-order valence-electron chi connectivity index (χ1n) is 10.4. The fraction of sp³-hybridized carbons (Fsp3) is 0.0769. The summed E-state index contributed by atoms with van der Waals surface area (Å²) in [6.07, 6.45) is 1.36. The third-order valence-electron chi connectivity index (χ3n) is 4.82. The van der Waals surface area contributed by atoms with Crippen LogP contribution < -0.4 is 10.1 Å². The van der Waals surface area contributed by atoms with Gasteiger partial charge in [-0.2, -0.15) is 10.4 Å². The molecule has 8 nitrogen and oxygen atoms in total. The van der Waals surface area contributed by atoms with Crippen molar-refractivity contribution >= 4 is 17.7 Å². The monoisotopic (exact) mass is 452 g/mol. The van der Waals surface area contributed by atoms with Crippen LogP contribution in [-0.4, -0.2) is 28.3 Å². The van der Waals surface area contributed by atoms with E-state index >= 15 is 0 Å². The van der Waals surface area contributed by atoms with E-state index in [1.165, 1.54) is 10.9 Å². The molecule has 0 aliphatic rings. The minimum atomic E-state index is -0.636. The van der Waals surface area contributed by atoms with Crippen LogP contribution in [0.3, 0.4) is 0 Å². The maximum Gasteiger partial charge on any atom is 0.338 e. The number of para-hydroxylation sites is 2. The van der Waals surface area contributed by atoms with Crippen LogP contribution in [0.5, 0.6) is 5.75 Å². The number of aromatic nitrogens is 2.